The Morgan fingerprint density at radius 3 is 2.26 bits per heavy atom. The fourth-order valence-corrected chi connectivity index (χ4v) is 6.31. The molecule has 252 valence electrons. The summed E-state index contributed by atoms with van der Waals surface area (Å²) in [5, 5.41) is 14.3. The molecular formula is C34H42N4O8S. The Balaban J connectivity index is 1.76. The number of carbonyl (C=O) groups is 2. The van der Waals surface area contributed by atoms with Gasteiger partial charge in [-0.25, -0.2) is 13.6 Å². The number of primary sulfonamides is 1. The summed E-state index contributed by atoms with van der Waals surface area (Å²) in [5.74, 6) is 0.609. The summed E-state index contributed by atoms with van der Waals surface area (Å²) >= 11 is 0. The number of methoxy groups -OCH3 is 3. The van der Waals surface area contributed by atoms with Crippen LogP contribution in [0.1, 0.15) is 56.3 Å². The molecule has 0 spiro atoms. The standard InChI is InChI=1S/C34H42N4O8S/c1-7-19(2)31(34(41)36-18-21-8-11-23(12-9-21)47(35,42)43)38-27-15-13-24-25(17-28(27)40)26(37-20(3)39)14-10-22-16-29(44-4)32(45-5)33(46-6)30(22)24/h8-9,11-13,15-17,19,26,31H,7,10,14,18H2,1-6H3,(H,36,41)(H,37,39)(H,38,40)(H2,35,42,43). The minimum absolute atomic E-state index is 0.0244. The number of aryl methyl sites for hydroxylation is 1. The zero-order valence-electron chi connectivity index (χ0n) is 27.4. The molecule has 0 aliphatic heterocycles. The van der Waals surface area contributed by atoms with Crippen LogP contribution in [0.15, 0.2) is 58.2 Å². The molecule has 0 aromatic heterocycles. The van der Waals surface area contributed by atoms with Gasteiger partial charge in [-0.2, -0.15) is 0 Å². The van der Waals surface area contributed by atoms with Crippen LogP contribution in [0.5, 0.6) is 17.2 Å². The third kappa shape index (κ3) is 7.86. The minimum Gasteiger partial charge on any atom is -0.493 e. The predicted octanol–water partition coefficient (Wildman–Crippen LogP) is 3.65. The van der Waals surface area contributed by atoms with E-state index in [1.165, 1.54) is 39.3 Å². The molecule has 3 aromatic carbocycles. The van der Waals surface area contributed by atoms with Gasteiger partial charge in [0, 0.05) is 19.0 Å². The van der Waals surface area contributed by atoms with E-state index < -0.39 is 22.1 Å². The number of nitrogens with two attached hydrogens (primary N) is 1. The Bertz CT molecular complexity index is 1810. The maximum absolute atomic E-state index is 13.8. The number of hydrogen-bond acceptors (Lipinski definition) is 9. The van der Waals surface area contributed by atoms with Gasteiger partial charge in [0.15, 0.2) is 11.5 Å². The number of rotatable bonds is 12. The number of ether oxygens (including phenoxy) is 3. The molecule has 2 amide bonds. The molecule has 12 nitrogen and oxygen atoms in total. The van der Waals surface area contributed by atoms with Gasteiger partial charge in [-0.3, -0.25) is 14.4 Å². The summed E-state index contributed by atoms with van der Waals surface area (Å²) in [5.41, 5.74) is 3.43. The molecule has 47 heavy (non-hydrogen) atoms. The summed E-state index contributed by atoms with van der Waals surface area (Å²) in [6.45, 7) is 5.43. The average molecular weight is 667 g/mol. The van der Waals surface area contributed by atoms with Gasteiger partial charge in [0.05, 0.1) is 38.0 Å². The van der Waals surface area contributed by atoms with E-state index >= 15 is 0 Å². The van der Waals surface area contributed by atoms with Crippen molar-refractivity contribution in [1.29, 1.82) is 0 Å². The van der Waals surface area contributed by atoms with E-state index in [9.17, 15) is 22.8 Å². The predicted molar refractivity (Wildman–Crippen MR) is 179 cm³/mol. The van der Waals surface area contributed by atoms with Gasteiger partial charge >= 0.3 is 0 Å². The lowest BCUT2D eigenvalue weighted by Gasteiger charge is -2.24. The van der Waals surface area contributed by atoms with Crippen molar-refractivity contribution in [1.82, 2.24) is 10.6 Å². The minimum atomic E-state index is -3.83. The van der Waals surface area contributed by atoms with Crippen molar-refractivity contribution < 1.29 is 32.2 Å². The van der Waals surface area contributed by atoms with Gasteiger partial charge in [0.2, 0.25) is 33.0 Å². The topological polar surface area (TPSA) is 175 Å². The van der Waals surface area contributed by atoms with Crippen molar-refractivity contribution in [2.24, 2.45) is 11.1 Å². The molecule has 3 unspecified atom stereocenters. The second kappa shape index (κ2) is 14.9. The second-order valence-corrected chi connectivity index (χ2v) is 13.1. The quantitative estimate of drug-likeness (QED) is 0.225. The molecule has 4 rings (SSSR count). The van der Waals surface area contributed by atoms with Crippen molar-refractivity contribution in [3.05, 3.63) is 75.4 Å². The first-order valence-electron chi connectivity index (χ1n) is 15.3. The molecular weight excluding hydrogens is 624 g/mol. The normalized spacial score (nSPS) is 15.2. The number of sulfonamides is 1. The Morgan fingerprint density at radius 1 is 1.00 bits per heavy atom. The summed E-state index contributed by atoms with van der Waals surface area (Å²) < 4.78 is 40.3. The van der Waals surface area contributed by atoms with Crippen LogP contribution in [0, 0.1) is 5.92 Å². The number of carbonyl (C=O) groups excluding carboxylic acids is 2. The molecule has 13 heteroatoms. The van der Waals surface area contributed by atoms with Crippen LogP contribution >= 0.6 is 0 Å². The number of hydrogen-bond donors (Lipinski definition) is 4. The van der Waals surface area contributed by atoms with Crippen LogP contribution < -0.4 is 40.7 Å². The smallest absolute Gasteiger partial charge is 0.243 e. The monoisotopic (exact) mass is 666 g/mol. The molecule has 0 fully saturated rings. The number of nitrogens with one attached hydrogen (secondary N) is 3. The molecule has 3 atom stereocenters. The number of amides is 2. The molecule has 0 heterocycles. The van der Waals surface area contributed by atoms with Crippen molar-refractivity contribution in [2.45, 2.75) is 63.6 Å². The Labute approximate surface area is 275 Å². The number of fused-ring (bicyclic) bond motifs is 3. The zero-order chi connectivity index (χ0) is 34.5. The summed E-state index contributed by atoms with van der Waals surface area (Å²) in [6.07, 6.45) is 1.73. The van der Waals surface area contributed by atoms with E-state index in [0.717, 1.165) is 11.1 Å². The van der Waals surface area contributed by atoms with Crippen LogP contribution in [-0.2, 0) is 32.6 Å². The van der Waals surface area contributed by atoms with Crippen LogP contribution in [-0.4, -0.2) is 47.6 Å². The van der Waals surface area contributed by atoms with Gasteiger partial charge in [-0.05, 0) is 71.3 Å². The van der Waals surface area contributed by atoms with Crippen LogP contribution in [0.25, 0.3) is 11.1 Å². The summed E-state index contributed by atoms with van der Waals surface area (Å²) in [6, 6.07) is 11.5. The van der Waals surface area contributed by atoms with Gasteiger partial charge in [0.1, 0.15) is 6.04 Å². The lowest BCUT2D eigenvalue weighted by Crippen LogP contribution is -2.44. The van der Waals surface area contributed by atoms with Crippen molar-refractivity contribution >= 4 is 27.5 Å². The highest BCUT2D eigenvalue weighted by Crippen LogP contribution is 2.50. The average Bonchev–Trinajstić information content (AvgIpc) is 3.28. The highest BCUT2D eigenvalue weighted by atomic mass is 32.2. The van der Waals surface area contributed by atoms with E-state index in [0.29, 0.717) is 53.2 Å². The first-order valence-corrected chi connectivity index (χ1v) is 16.8. The third-order valence-corrected chi connectivity index (χ3v) is 9.37. The molecule has 0 radical (unpaired) electrons. The van der Waals surface area contributed by atoms with Crippen LogP contribution in [0.3, 0.4) is 0 Å². The largest absolute Gasteiger partial charge is 0.493 e. The van der Waals surface area contributed by atoms with Gasteiger partial charge in [-0.15, -0.1) is 0 Å². The lowest BCUT2D eigenvalue weighted by atomic mass is 9.95. The summed E-state index contributed by atoms with van der Waals surface area (Å²) in [4.78, 5) is 39.6. The maximum atomic E-state index is 13.8. The molecule has 0 saturated heterocycles. The highest BCUT2D eigenvalue weighted by molar-refractivity contribution is 7.89. The van der Waals surface area contributed by atoms with Gasteiger partial charge in [0.25, 0.3) is 0 Å². The fourth-order valence-electron chi connectivity index (χ4n) is 5.79. The van der Waals surface area contributed by atoms with E-state index in [-0.39, 0.29) is 40.3 Å². The molecule has 5 N–H and O–H groups in total. The van der Waals surface area contributed by atoms with E-state index in [2.05, 4.69) is 16.0 Å². The van der Waals surface area contributed by atoms with Crippen LogP contribution in [0.2, 0.25) is 0 Å². The van der Waals surface area contributed by atoms with E-state index in [4.69, 9.17) is 19.3 Å². The highest BCUT2D eigenvalue weighted by Gasteiger charge is 2.30. The third-order valence-electron chi connectivity index (χ3n) is 8.44. The molecule has 0 saturated carbocycles. The van der Waals surface area contributed by atoms with Crippen LogP contribution in [0.4, 0.5) is 5.69 Å². The Hall–Kier alpha value is -4.62. The van der Waals surface area contributed by atoms with E-state index in [1.54, 1.807) is 31.4 Å². The lowest BCUT2D eigenvalue weighted by molar-refractivity contribution is -0.123. The van der Waals surface area contributed by atoms with Gasteiger partial charge < -0.3 is 30.2 Å². The first kappa shape index (κ1) is 35.2. The molecule has 1 aliphatic carbocycles. The molecule has 3 aromatic rings. The maximum Gasteiger partial charge on any atom is 0.243 e. The van der Waals surface area contributed by atoms with Crippen molar-refractivity contribution in [2.75, 3.05) is 26.6 Å². The molecule has 0 bridgehead atoms. The molecule has 1 aliphatic rings. The van der Waals surface area contributed by atoms with Crippen molar-refractivity contribution in [3.8, 4) is 28.4 Å². The van der Waals surface area contributed by atoms with Gasteiger partial charge in [-0.1, -0.05) is 38.5 Å². The first-order chi connectivity index (χ1) is 22.3. The van der Waals surface area contributed by atoms with Crippen molar-refractivity contribution in [3.63, 3.8) is 0 Å². The number of benzene rings is 2. The Kier molecular flexibility index (Phi) is 11.1. The van der Waals surface area contributed by atoms with E-state index in [1.807, 2.05) is 19.9 Å². The second-order valence-electron chi connectivity index (χ2n) is 11.5. The summed E-state index contributed by atoms with van der Waals surface area (Å²) in [7, 11) is 0.766. The SMILES string of the molecule is CCC(C)C(Nc1ccc2c(cc1=O)C(NC(C)=O)CCc1cc(OC)c(OC)c(OC)c1-2)C(=O)NCc1ccc(S(N)(=O)=O)cc1. The Morgan fingerprint density at radius 2 is 1.68 bits per heavy atom. The fraction of sp³-hybridized carbons (Fsp3) is 0.382. The number of anilines is 1. The zero-order valence-corrected chi connectivity index (χ0v) is 28.2.